The predicted molar refractivity (Wildman–Crippen MR) is 271 cm³/mol. The zero-order valence-electron chi connectivity index (χ0n) is 39.4. The molecule has 0 unspecified atom stereocenters. The van der Waals surface area contributed by atoms with Gasteiger partial charge in [-0.2, -0.15) is 13.2 Å². The van der Waals surface area contributed by atoms with Gasteiger partial charge in [0.15, 0.2) is 11.6 Å². The van der Waals surface area contributed by atoms with Gasteiger partial charge in [0.05, 0.1) is 45.4 Å². The quantitative estimate of drug-likeness (QED) is 0.160. The number of aromatic nitrogens is 4. The molecular formula is C60H50F3N5. The number of hydrogen-bond acceptors (Lipinski definition) is 5. The summed E-state index contributed by atoms with van der Waals surface area (Å²) in [6, 6.07) is 44.9. The largest absolute Gasteiger partial charge is 0.416 e. The van der Waals surface area contributed by atoms with Gasteiger partial charge >= 0.3 is 6.18 Å². The number of rotatable bonds is 7. The summed E-state index contributed by atoms with van der Waals surface area (Å²) < 4.78 is 47.9. The average molecular weight is 898 g/mol. The highest BCUT2D eigenvalue weighted by Crippen LogP contribution is 2.56. The summed E-state index contributed by atoms with van der Waals surface area (Å²) in [7, 11) is 0. The summed E-state index contributed by atoms with van der Waals surface area (Å²) in [4.78, 5) is 23.0. The van der Waals surface area contributed by atoms with Crippen LogP contribution in [0, 0.1) is 55.4 Å². The third-order valence-corrected chi connectivity index (χ3v) is 14.2. The van der Waals surface area contributed by atoms with E-state index in [-0.39, 0.29) is 11.1 Å². The van der Waals surface area contributed by atoms with E-state index in [0.717, 1.165) is 78.1 Å². The fourth-order valence-corrected chi connectivity index (χ4v) is 9.84. The Bertz CT molecular complexity index is 3090. The molecule has 5 nitrogen and oxygen atoms in total. The summed E-state index contributed by atoms with van der Waals surface area (Å²) in [6.07, 6.45) is -4.09. The van der Waals surface area contributed by atoms with Crippen molar-refractivity contribution in [1.29, 1.82) is 0 Å². The Morgan fingerprint density at radius 2 is 0.691 bits per heavy atom. The van der Waals surface area contributed by atoms with Gasteiger partial charge in [0, 0.05) is 39.8 Å². The van der Waals surface area contributed by atoms with Gasteiger partial charge in [-0.25, -0.2) is 19.9 Å². The fraction of sp³-hybridized carbons (Fsp3) is 0.167. The number of alkyl halides is 3. The van der Waals surface area contributed by atoms with Gasteiger partial charge in [0.1, 0.15) is 0 Å². The summed E-state index contributed by atoms with van der Waals surface area (Å²) in [5.74, 6) is 0.783. The number of halogens is 3. The molecule has 0 saturated heterocycles. The molecule has 7 aromatic carbocycles. The molecule has 0 atom stereocenters. The molecule has 0 N–H and O–H groups in total. The molecule has 336 valence electrons. The molecule has 0 spiro atoms. The van der Waals surface area contributed by atoms with Crippen molar-refractivity contribution in [3.8, 4) is 67.8 Å². The van der Waals surface area contributed by atoms with Gasteiger partial charge in [-0.1, -0.05) is 121 Å². The Morgan fingerprint density at radius 1 is 0.368 bits per heavy atom. The number of hydrogen-bond donors (Lipinski definition) is 0. The lowest BCUT2D eigenvalue weighted by Crippen LogP contribution is -2.26. The van der Waals surface area contributed by atoms with E-state index in [1.54, 1.807) is 0 Å². The highest BCUT2D eigenvalue weighted by Gasteiger charge is 2.39. The van der Waals surface area contributed by atoms with Gasteiger partial charge in [-0.05, 0) is 135 Å². The molecule has 0 fully saturated rings. The average Bonchev–Trinajstić information content (AvgIpc) is 3.37. The molecular weight excluding hydrogens is 848 g/mol. The van der Waals surface area contributed by atoms with E-state index in [9.17, 15) is 0 Å². The van der Waals surface area contributed by atoms with Crippen LogP contribution in [0.4, 0.5) is 30.2 Å². The van der Waals surface area contributed by atoms with Crippen molar-refractivity contribution in [2.24, 2.45) is 0 Å². The first-order valence-corrected chi connectivity index (χ1v) is 22.9. The molecule has 0 saturated carbocycles. The minimum Gasteiger partial charge on any atom is -0.308 e. The molecule has 0 amide bonds. The maximum Gasteiger partial charge on any atom is 0.416 e. The molecule has 3 heterocycles. The van der Waals surface area contributed by atoms with Crippen molar-refractivity contribution in [3.63, 3.8) is 0 Å². The van der Waals surface area contributed by atoms with Crippen LogP contribution >= 0.6 is 0 Å². The molecule has 9 aromatic rings. The molecule has 0 bridgehead atoms. The second-order valence-electron chi connectivity index (χ2n) is 18.0. The van der Waals surface area contributed by atoms with E-state index in [2.05, 4.69) is 60.3 Å². The molecule has 0 aliphatic carbocycles. The first kappa shape index (κ1) is 44.1. The van der Waals surface area contributed by atoms with Gasteiger partial charge < -0.3 is 4.90 Å². The SMILES string of the molecule is Cc1c(C)c(C)c2c(c1C)Cc1c(C)c(C)c(C)c(C)c1N2c1c(-c2cc(-c3ccccc3)nc(-c3ccccc3)n2)cc(C(F)(F)F)cc1-c1cc(-c2ccccc2)nc(-c2ccccc2)n1. The van der Waals surface area contributed by atoms with Crippen LogP contribution in [0.15, 0.2) is 146 Å². The highest BCUT2D eigenvalue weighted by molar-refractivity contribution is 6.02. The Kier molecular flexibility index (Phi) is 11.2. The zero-order valence-corrected chi connectivity index (χ0v) is 39.4. The molecule has 10 rings (SSSR count). The Hall–Kier alpha value is -7.71. The predicted octanol–water partition coefficient (Wildman–Crippen LogP) is 16.1. The third kappa shape index (κ3) is 7.64. The minimum atomic E-state index is -4.75. The zero-order chi connectivity index (χ0) is 47.6. The van der Waals surface area contributed by atoms with Crippen molar-refractivity contribution in [1.82, 2.24) is 19.9 Å². The van der Waals surface area contributed by atoms with Crippen LogP contribution in [0.2, 0.25) is 0 Å². The molecule has 0 radical (unpaired) electrons. The summed E-state index contributed by atoms with van der Waals surface area (Å²) >= 11 is 0. The summed E-state index contributed by atoms with van der Waals surface area (Å²) in [5.41, 5.74) is 18.4. The molecule has 1 aliphatic heterocycles. The van der Waals surface area contributed by atoms with Crippen LogP contribution in [0.3, 0.4) is 0 Å². The maximum atomic E-state index is 16.0. The third-order valence-electron chi connectivity index (χ3n) is 14.2. The van der Waals surface area contributed by atoms with E-state index < -0.39 is 11.7 Å². The number of fused-ring (bicyclic) bond motifs is 2. The highest BCUT2D eigenvalue weighted by atomic mass is 19.4. The van der Waals surface area contributed by atoms with Gasteiger partial charge in [0.2, 0.25) is 0 Å². The molecule has 1 aliphatic rings. The molecule has 68 heavy (non-hydrogen) atoms. The van der Waals surface area contributed by atoms with Crippen LogP contribution in [0.1, 0.15) is 61.2 Å². The smallest absolute Gasteiger partial charge is 0.308 e. The first-order valence-electron chi connectivity index (χ1n) is 22.9. The molecule has 8 heteroatoms. The van der Waals surface area contributed by atoms with Crippen molar-refractivity contribution < 1.29 is 13.2 Å². The van der Waals surface area contributed by atoms with Crippen LogP contribution in [-0.2, 0) is 12.6 Å². The van der Waals surface area contributed by atoms with E-state index in [4.69, 9.17) is 19.9 Å². The molecule has 2 aromatic heterocycles. The Morgan fingerprint density at radius 3 is 1.04 bits per heavy atom. The lowest BCUT2D eigenvalue weighted by molar-refractivity contribution is -0.137. The topological polar surface area (TPSA) is 54.8 Å². The monoisotopic (exact) mass is 897 g/mol. The van der Waals surface area contributed by atoms with Crippen molar-refractivity contribution in [2.75, 3.05) is 4.90 Å². The van der Waals surface area contributed by atoms with Crippen molar-refractivity contribution in [2.45, 2.75) is 68.0 Å². The van der Waals surface area contributed by atoms with Crippen molar-refractivity contribution in [3.05, 3.63) is 207 Å². The lowest BCUT2D eigenvalue weighted by atomic mass is 9.80. The van der Waals surface area contributed by atoms with E-state index in [1.165, 1.54) is 23.3 Å². The Labute approximate surface area is 396 Å². The van der Waals surface area contributed by atoms with E-state index in [0.29, 0.717) is 46.5 Å². The minimum absolute atomic E-state index is 0.289. The summed E-state index contributed by atoms with van der Waals surface area (Å²) in [5, 5.41) is 0. The van der Waals surface area contributed by atoms with Crippen LogP contribution in [0.25, 0.3) is 67.8 Å². The normalized spacial score (nSPS) is 12.2. The second kappa shape index (κ2) is 17.2. The van der Waals surface area contributed by atoms with Gasteiger partial charge in [-0.15, -0.1) is 0 Å². The van der Waals surface area contributed by atoms with Crippen LogP contribution in [0.5, 0.6) is 0 Å². The number of benzene rings is 7. The van der Waals surface area contributed by atoms with Gasteiger partial charge in [0.25, 0.3) is 0 Å². The maximum absolute atomic E-state index is 16.0. The Balaban J connectivity index is 1.43. The van der Waals surface area contributed by atoms with Crippen LogP contribution < -0.4 is 4.90 Å². The second-order valence-corrected chi connectivity index (χ2v) is 18.0. The number of nitrogens with zero attached hydrogens (tertiary/aromatic N) is 5. The van der Waals surface area contributed by atoms with E-state index >= 15 is 13.2 Å². The number of anilines is 3. The lowest BCUT2D eigenvalue weighted by Gasteiger charge is -2.41. The first-order chi connectivity index (χ1) is 32.7. The standard InChI is InChI=1S/C60H50F3N5/c1-34-36(3)40(7)55-47(38(34)5)31-48-39(6)35(2)37(4)41(8)56(48)68(55)57-49(53-32-51(42-21-13-9-14-22-42)64-58(66-53)44-25-17-11-18-26-44)29-46(60(61,62)63)30-50(57)54-33-52(43-23-15-10-16-24-43)65-59(67-54)45-27-19-12-20-28-45/h9-30,32-33H,31H2,1-8H3. The van der Waals surface area contributed by atoms with Crippen molar-refractivity contribution >= 4 is 17.1 Å². The van der Waals surface area contributed by atoms with Gasteiger partial charge in [-0.3, -0.25) is 0 Å². The van der Waals surface area contributed by atoms with E-state index in [1.807, 2.05) is 133 Å². The summed E-state index contributed by atoms with van der Waals surface area (Å²) in [6.45, 7) is 17.2. The van der Waals surface area contributed by atoms with Crippen LogP contribution in [-0.4, -0.2) is 19.9 Å². The fourth-order valence-electron chi connectivity index (χ4n) is 9.84.